The quantitative estimate of drug-likeness (QED) is 0.568. The number of rotatable bonds is 7. The summed E-state index contributed by atoms with van der Waals surface area (Å²) < 4.78 is 0. The Balaban J connectivity index is 1.99. The number of aliphatic hydroxyl groups is 1. The molecule has 0 saturated heterocycles. The van der Waals surface area contributed by atoms with Gasteiger partial charge in [0.2, 0.25) is 5.95 Å². The SMILES string of the molecule is Cc1cc(C)cc(Nc2cc(-c3cccnc3)nc(N[C@@H](CO)C(C)C)n2)c1. The molecule has 0 aliphatic carbocycles. The monoisotopic (exact) mass is 377 g/mol. The van der Waals surface area contributed by atoms with Gasteiger partial charge in [0.1, 0.15) is 5.82 Å². The van der Waals surface area contributed by atoms with Crippen LogP contribution in [0.15, 0.2) is 48.8 Å². The number of anilines is 3. The molecule has 6 nitrogen and oxygen atoms in total. The first-order valence-electron chi connectivity index (χ1n) is 9.47. The fraction of sp³-hybridized carbons (Fsp3) is 0.318. The molecule has 0 fully saturated rings. The van der Waals surface area contributed by atoms with Crippen molar-refractivity contribution in [2.45, 2.75) is 33.7 Å². The Kier molecular flexibility index (Phi) is 6.21. The Labute approximate surface area is 166 Å². The fourth-order valence-corrected chi connectivity index (χ4v) is 3.02. The van der Waals surface area contributed by atoms with E-state index in [1.807, 2.05) is 32.0 Å². The highest BCUT2D eigenvalue weighted by Gasteiger charge is 2.15. The summed E-state index contributed by atoms with van der Waals surface area (Å²) in [5.74, 6) is 1.40. The van der Waals surface area contributed by atoms with E-state index in [4.69, 9.17) is 0 Å². The van der Waals surface area contributed by atoms with Crippen molar-refractivity contribution < 1.29 is 5.11 Å². The number of benzene rings is 1. The highest BCUT2D eigenvalue weighted by Crippen LogP contribution is 2.25. The largest absolute Gasteiger partial charge is 0.394 e. The number of aliphatic hydroxyl groups excluding tert-OH is 1. The van der Waals surface area contributed by atoms with E-state index >= 15 is 0 Å². The lowest BCUT2D eigenvalue weighted by Crippen LogP contribution is -2.30. The van der Waals surface area contributed by atoms with Gasteiger partial charge < -0.3 is 15.7 Å². The third-order valence-electron chi connectivity index (χ3n) is 4.49. The van der Waals surface area contributed by atoms with E-state index in [1.54, 1.807) is 12.4 Å². The molecule has 0 aliphatic heterocycles. The molecule has 0 saturated carbocycles. The summed E-state index contributed by atoms with van der Waals surface area (Å²) in [7, 11) is 0. The summed E-state index contributed by atoms with van der Waals surface area (Å²) in [6.07, 6.45) is 3.51. The van der Waals surface area contributed by atoms with Crippen molar-refractivity contribution in [3.8, 4) is 11.3 Å². The van der Waals surface area contributed by atoms with Crippen molar-refractivity contribution in [2.24, 2.45) is 5.92 Å². The summed E-state index contributed by atoms with van der Waals surface area (Å²) in [6, 6.07) is 11.9. The summed E-state index contributed by atoms with van der Waals surface area (Å²) in [4.78, 5) is 13.4. The Morgan fingerprint density at radius 2 is 1.79 bits per heavy atom. The number of nitrogens with zero attached hydrogens (tertiary/aromatic N) is 3. The first kappa shape index (κ1) is 19.8. The van der Waals surface area contributed by atoms with Gasteiger partial charge in [-0.1, -0.05) is 19.9 Å². The van der Waals surface area contributed by atoms with Gasteiger partial charge in [-0.15, -0.1) is 0 Å². The van der Waals surface area contributed by atoms with Crippen LogP contribution >= 0.6 is 0 Å². The average Bonchev–Trinajstić information content (AvgIpc) is 2.65. The number of pyridine rings is 1. The Morgan fingerprint density at radius 1 is 1.04 bits per heavy atom. The number of aryl methyl sites for hydroxylation is 2. The van der Waals surface area contributed by atoms with Crippen LogP contribution in [0.25, 0.3) is 11.3 Å². The van der Waals surface area contributed by atoms with Gasteiger partial charge in [-0.05, 0) is 55.2 Å². The van der Waals surface area contributed by atoms with E-state index in [0.29, 0.717) is 11.8 Å². The molecular weight excluding hydrogens is 350 g/mol. The van der Waals surface area contributed by atoms with Gasteiger partial charge in [0.25, 0.3) is 0 Å². The lowest BCUT2D eigenvalue weighted by molar-refractivity contribution is 0.248. The molecule has 3 N–H and O–H groups in total. The molecule has 28 heavy (non-hydrogen) atoms. The van der Waals surface area contributed by atoms with Gasteiger partial charge in [0, 0.05) is 29.7 Å². The van der Waals surface area contributed by atoms with Gasteiger partial charge in [-0.3, -0.25) is 4.98 Å². The molecule has 1 aromatic carbocycles. The molecule has 0 amide bonds. The van der Waals surface area contributed by atoms with Crippen LogP contribution in [0.4, 0.5) is 17.5 Å². The summed E-state index contributed by atoms with van der Waals surface area (Å²) in [5, 5.41) is 16.3. The minimum Gasteiger partial charge on any atom is -0.394 e. The van der Waals surface area contributed by atoms with Crippen molar-refractivity contribution >= 4 is 17.5 Å². The topological polar surface area (TPSA) is 83.0 Å². The lowest BCUT2D eigenvalue weighted by atomic mass is 10.1. The first-order chi connectivity index (χ1) is 13.4. The average molecular weight is 377 g/mol. The molecule has 2 heterocycles. The van der Waals surface area contributed by atoms with Crippen LogP contribution in [-0.4, -0.2) is 32.7 Å². The van der Waals surface area contributed by atoms with E-state index < -0.39 is 0 Å². The van der Waals surface area contributed by atoms with Crippen molar-refractivity contribution in [3.05, 3.63) is 59.9 Å². The number of nitrogens with one attached hydrogen (secondary N) is 2. The van der Waals surface area contributed by atoms with E-state index in [0.717, 1.165) is 16.9 Å². The second-order valence-electron chi connectivity index (χ2n) is 7.38. The number of aromatic nitrogens is 3. The van der Waals surface area contributed by atoms with Crippen molar-refractivity contribution in [3.63, 3.8) is 0 Å². The van der Waals surface area contributed by atoms with Gasteiger partial charge in [0.15, 0.2) is 0 Å². The minimum absolute atomic E-state index is 0.0119. The van der Waals surface area contributed by atoms with E-state index in [2.05, 4.69) is 57.6 Å². The van der Waals surface area contributed by atoms with E-state index in [9.17, 15) is 5.11 Å². The minimum atomic E-state index is -0.127. The van der Waals surface area contributed by atoms with Gasteiger partial charge in [-0.2, -0.15) is 4.98 Å². The van der Waals surface area contributed by atoms with Crippen LogP contribution < -0.4 is 10.6 Å². The van der Waals surface area contributed by atoms with Crippen LogP contribution in [0, 0.1) is 19.8 Å². The summed E-state index contributed by atoms with van der Waals surface area (Å²) in [5.41, 5.74) is 5.01. The second-order valence-corrected chi connectivity index (χ2v) is 7.38. The normalized spacial score (nSPS) is 12.1. The standard InChI is InChI=1S/C22H27N5O/c1-14(2)20(13-28)26-22-25-19(17-6-5-7-23-12-17)11-21(27-22)24-18-9-15(3)8-16(4)10-18/h5-12,14,20,28H,13H2,1-4H3,(H2,24,25,26,27)/t20-/m0/s1. The third-order valence-corrected chi connectivity index (χ3v) is 4.49. The molecule has 3 rings (SSSR count). The number of hydrogen-bond acceptors (Lipinski definition) is 6. The molecular formula is C22H27N5O. The smallest absolute Gasteiger partial charge is 0.225 e. The maximum atomic E-state index is 9.67. The van der Waals surface area contributed by atoms with Crippen LogP contribution in [-0.2, 0) is 0 Å². The zero-order valence-corrected chi connectivity index (χ0v) is 16.8. The molecule has 0 spiro atoms. The maximum absolute atomic E-state index is 9.67. The fourth-order valence-electron chi connectivity index (χ4n) is 3.02. The zero-order valence-electron chi connectivity index (χ0n) is 16.8. The van der Waals surface area contributed by atoms with E-state index in [1.165, 1.54) is 11.1 Å². The maximum Gasteiger partial charge on any atom is 0.225 e. The predicted octanol–water partition coefficient (Wildman–Crippen LogP) is 4.33. The van der Waals surface area contributed by atoms with Gasteiger partial charge >= 0.3 is 0 Å². The summed E-state index contributed by atoms with van der Waals surface area (Å²) >= 11 is 0. The highest BCUT2D eigenvalue weighted by atomic mass is 16.3. The highest BCUT2D eigenvalue weighted by molar-refractivity contribution is 5.67. The van der Waals surface area contributed by atoms with Gasteiger partial charge in [0.05, 0.1) is 18.3 Å². The lowest BCUT2D eigenvalue weighted by Gasteiger charge is -2.20. The second kappa shape index (κ2) is 8.80. The van der Waals surface area contributed by atoms with Crippen LogP contribution in [0.3, 0.4) is 0 Å². The van der Waals surface area contributed by atoms with Crippen molar-refractivity contribution in [1.82, 2.24) is 15.0 Å². The molecule has 0 bridgehead atoms. The summed E-state index contributed by atoms with van der Waals surface area (Å²) in [6.45, 7) is 8.25. The zero-order chi connectivity index (χ0) is 20.1. The molecule has 3 aromatic rings. The Bertz CT molecular complexity index is 907. The molecule has 2 aromatic heterocycles. The first-order valence-corrected chi connectivity index (χ1v) is 9.47. The molecule has 0 radical (unpaired) electrons. The van der Waals surface area contributed by atoms with Crippen LogP contribution in [0.1, 0.15) is 25.0 Å². The third kappa shape index (κ3) is 5.04. The molecule has 0 unspecified atom stereocenters. The van der Waals surface area contributed by atoms with Crippen molar-refractivity contribution in [1.29, 1.82) is 0 Å². The molecule has 6 heteroatoms. The van der Waals surface area contributed by atoms with Gasteiger partial charge in [-0.25, -0.2) is 4.98 Å². The number of hydrogen-bond donors (Lipinski definition) is 3. The predicted molar refractivity (Wildman–Crippen MR) is 114 cm³/mol. The van der Waals surface area contributed by atoms with E-state index in [-0.39, 0.29) is 18.6 Å². The van der Waals surface area contributed by atoms with Crippen LogP contribution in [0.5, 0.6) is 0 Å². The molecule has 0 aliphatic rings. The van der Waals surface area contributed by atoms with Crippen LogP contribution in [0.2, 0.25) is 0 Å². The van der Waals surface area contributed by atoms with Crippen molar-refractivity contribution in [2.75, 3.05) is 17.2 Å². The Morgan fingerprint density at radius 3 is 2.39 bits per heavy atom. The molecule has 146 valence electrons. The Hall–Kier alpha value is -2.99. The molecule has 1 atom stereocenters.